The molecule has 4 fully saturated rings. The molecular formula is C27H35N5O4. The van der Waals surface area contributed by atoms with Gasteiger partial charge in [0.1, 0.15) is 6.04 Å². The normalized spacial score (nSPS) is 27.2. The van der Waals surface area contributed by atoms with Gasteiger partial charge in [0.15, 0.2) is 0 Å². The number of imide groups is 2. The molecule has 5 heterocycles. The average molecular weight is 494 g/mol. The molecule has 0 aromatic heterocycles. The van der Waals surface area contributed by atoms with Gasteiger partial charge in [0.05, 0.1) is 11.1 Å². The molecule has 0 bridgehead atoms. The molecule has 5 aliphatic heterocycles. The number of fused-ring (bicyclic) bond motifs is 1. The molecule has 1 atom stereocenters. The van der Waals surface area contributed by atoms with Crippen LogP contribution in [0.15, 0.2) is 18.2 Å². The average Bonchev–Trinajstić information content (AvgIpc) is 3.40. The molecule has 1 aromatic rings. The van der Waals surface area contributed by atoms with Gasteiger partial charge in [-0.15, -0.1) is 0 Å². The minimum absolute atomic E-state index is 0.125. The number of nitrogens with zero attached hydrogens (tertiary/aromatic N) is 3. The number of likely N-dealkylation sites (tertiary alicyclic amines) is 1. The maximum absolute atomic E-state index is 13.2. The Balaban J connectivity index is 1.11. The molecule has 0 saturated carbocycles. The molecule has 0 radical (unpaired) electrons. The van der Waals surface area contributed by atoms with Crippen LogP contribution < -0.4 is 15.5 Å². The maximum Gasteiger partial charge on any atom is 0.262 e. The summed E-state index contributed by atoms with van der Waals surface area (Å²) >= 11 is 0. The molecule has 1 unspecified atom stereocenters. The second-order valence-electron chi connectivity index (χ2n) is 11.3. The van der Waals surface area contributed by atoms with E-state index in [2.05, 4.69) is 20.4 Å². The molecule has 9 heteroatoms. The summed E-state index contributed by atoms with van der Waals surface area (Å²) in [6.07, 6.45) is 6.44. The van der Waals surface area contributed by atoms with Crippen molar-refractivity contribution < 1.29 is 19.2 Å². The molecule has 0 aliphatic carbocycles. The van der Waals surface area contributed by atoms with Crippen LogP contribution >= 0.6 is 0 Å². The van der Waals surface area contributed by atoms with Gasteiger partial charge in [-0.05, 0) is 94.2 Å². The minimum atomic E-state index is -0.927. The SMILES string of the molecule is O=C1CCC(N2C(=O)c3ccc(N4CCC5(CCN(CC6CCNCC6)CC5)C4)cc3C2=O)C(=O)N1. The van der Waals surface area contributed by atoms with Gasteiger partial charge in [0, 0.05) is 31.7 Å². The van der Waals surface area contributed by atoms with E-state index in [9.17, 15) is 19.2 Å². The first-order valence-corrected chi connectivity index (χ1v) is 13.5. The number of carbonyl (C=O) groups excluding carboxylic acids is 4. The second-order valence-corrected chi connectivity index (χ2v) is 11.3. The van der Waals surface area contributed by atoms with Crippen molar-refractivity contribution in [3.8, 4) is 0 Å². The Morgan fingerprint density at radius 1 is 0.889 bits per heavy atom. The third-order valence-electron chi connectivity index (χ3n) is 9.12. The van der Waals surface area contributed by atoms with Crippen LogP contribution in [0, 0.1) is 11.3 Å². The van der Waals surface area contributed by atoms with Crippen molar-refractivity contribution in [3.05, 3.63) is 29.3 Å². The number of rotatable bonds is 4. The molecule has 2 N–H and O–H groups in total. The van der Waals surface area contributed by atoms with Gasteiger partial charge in [0.25, 0.3) is 11.8 Å². The van der Waals surface area contributed by atoms with E-state index in [1.54, 1.807) is 6.07 Å². The lowest BCUT2D eigenvalue weighted by Gasteiger charge is -2.41. The zero-order chi connectivity index (χ0) is 24.9. The summed E-state index contributed by atoms with van der Waals surface area (Å²) in [5.41, 5.74) is 1.99. The van der Waals surface area contributed by atoms with E-state index in [1.165, 1.54) is 32.2 Å². The Kier molecular flexibility index (Phi) is 6.08. The second kappa shape index (κ2) is 9.27. The highest BCUT2D eigenvalue weighted by atomic mass is 16.2. The number of benzene rings is 1. The van der Waals surface area contributed by atoms with E-state index in [4.69, 9.17) is 0 Å². The Bertz CT molecular complexity index is 1090. The van der Waals surface area contributed by atoms with Crippen LogP contribution in [-0.4, -0.2) is 85.3 Å². The Hall–Kier alpha value is -2.78. The highest BCUT2D eigenvalue weighted by Gasteiger charge is 2.46. The van der Waals surface area contributed by atoms with E-state index >= 15 is 0 Å². The number of amides is 4. The van der Waals surface area contributed by atoms with Crippen LogP contribution in [0.2, 0.25) is 0 Å². The van der Waals surface area contributed by atoms with E-state index in [1.807, 2.05) is 12.1 Å². The van der Waals surface area contributed by atoms with Crippen molar-refractivity contribution in [1.29, 1.82) is 0 Å². The maximum atomic E-state index is 13.2. The molecule has 4 saturated heterocycles. The summed E-state index contributed by atoms with van der Waals surface area (Å²) in [5.74, 6) is -1.00. The van der Waals surface area contributed by atoms with Crippen molar-refractivity contribution in [2.45, 2.75) is 51.0 Å². The number of hydrogen-bond acceptors (Lipinski definition) is 7. The van der Waals surface area contributed by atoms with Crippen molar-refractivity contribution in [3.63, 3.8) is 0 Å². The number of piperidine rings is 3. The van der Waals surface area contributed by atoms with Gasteiger partial charge in [-0.3, -0.25) is 29.4 Å². The summed E-state index contributed by atoms with van der Waals surface area (Å²) in [6.45, 7) is 7.78. The van der Waals surface area contributed by atoms with Gasteiger partial charge >= 0.3 is 0 Å². The molecule has 192 valence electrons. The van der Waals surface area contributed by atoms with Crippen LogP contribution in [0.3, 0.4) is 0 Å². The van der Waals surface area contributed by atoms with E-state index in [0.717, 1.165) is 62.2 Å². The monoisotopic (exact) mass is 493 g/mol. The molecule has 36 heavy (non-hydrogen) atoms. The van der Waals surface area contributed by atoms with Crippen molar-refractivity contribution in [2.24, 2.45) is 11.3 Å². The lowest BCUT2D eigenvalue weighted by Crippen LogP contribution is -2.54. The smallest absolute Gasteiger partial charge is 0.262 e. The zero-order valence-corrected chi connectivity index (χ0v) is 20.8. The van der Waals surface area contributed by atoms with Gasteiger partial charge in [-0.2, -0.15) is 0 Å². The fourth-order valence-electron chi connectivity index (χ4n) is 6.86. The lowest BCUT2D eigenvalue weighted by atomic mass is 9.77. The molecule has 9 nitrogen and oxygen atoms in total. The van der Waals surface area contributed by atoms with Crippen LogP contribution in [0.1, 0.15) is 65.7 Å². The zero-order valence-electron chi connectivity index (χ0n) is 20.8. The van der Waals surface area contributed by atoms with Crippen molar-refractivity contribution >= 4 is 29.3 Å². The molecular weight excluding hydrogens is 458 g/mol. The fourth-order valence-corrected chi connectivity index (χ4v) is 6.86. The Labute approximate surface area is 211 Å². The summed E-state index contributed by atoms with van der Waals surface area (Å²) in [7, 11) is 0. The first-order chi connectivity index (χ1) is 17.4. The van der Waals surface area contributed by atoms with Gasteiger partial charge in [-0.25, -0.2) is 0 Å². The number of hydrogen-bond donors (Lipinski definition) is 2. The molecule has 5 aliphatic rings. The third-order valence-corrected chi connectivity index (χ3v) is 9.12. The van der Waals surface area contributed by atoms with Gasteiger partial charge in [0.2, 0.25) is 11.8 Å². The van der Waals surface area contributed by atoms with Gasteiger partial charge in [-0.1, -0.05) is 0 Å². The van der Waals surface area contributed by atoms with E-state index < -0.39 is 23.8 Å². The molecule has 1 spiro atoms. The van der Waals surface area contributed by atoms with Crippen LogP contribution in [0.5, 0.6) is 0 Å². The molecule has 1 aromatic carbocycles. The van der Waals surface area contributed by atoms with E-state index in [-0.39, 0.29) is 18.7 Å². The summed E-state index contributed by atoms with van der Waals surface area (Å²) in [4.78, 5) is 56.1. The van der Waals surface area contributed by atoms with Gasteiger partial charge < -0.3 is 15.1 Å². The summed E-state index contributed by atoms with van der Waals surface area (Å²) < 4.78 is 0. The number of anilines is 1. The molecule has 4 amide bonds. The van der Waals surface area contributed by atoms with Crippen molar-refractivity contribution in [1.82, 2.24) is 20.4 Å². The first kappa shape index (κ1) is 23.6. The number of nitrogens with one attached hydrogen (secondary N) is 2. The topological polar surface area (TPSA) is 102 Å². The van der Waals surface area contributed by atoms with Crippen LogP contribution in [-0.2, 0) is 9.59 Å². The van der Waals surface area contributed by atoms with Crippen molar-refractivity contribution in [2.75, 3.05) is 50.7 Å². The predicted molar refractivity (Wildman–Crippen MR) is 134 cm³/mol. The third kappa shape index (κ3) is 4.22. The fraction of sp³-hybridized carbons (Fsp3) is 0.630. The summed E-state index contributed by atoms with van der Waals surface area (Å²) in [6, 6.07) is 4.56. The largest absolute Gasteiger partial charge is 0.371 e. The van der Waals surface area contributed by atoms with Crippen LogP contribution in [0.4, 0.5) is 5.69 Å². The van der Waals surface area contributed by atoms with Crippen LogP contribution in [0.25, 0.3) is 0 Å². The lowest BCUT2D eigenvalue weighted by molar-refractivity contribution is -0.136. The first-order valence-electron chi connectivity index (χ1n) is 13.5. The Morgan fingerprint density at radius 3 is 2.36 bits per heavy atom. The predicted octanol–water partition coefficient (Wildman–Crippen LogP) is 1.38. The quantitative estimate of drug-likeness (QED) is 0.611. The molecule has 6 rings (SSSR count). The summed E-state index contributed by atoms with van der Waals surface area (Å²) in [5, 5.41) is 5.71. The minimum Gasteiger partial charge on any atom is -0.371 e. The Morgan fingerprint density at radius 2 is 1.61 bits per heavy atom. The highest BCUT2D eigenvalue weighted by Crippen LogP contribution is 2.43. The number of carbonyl (C=O) groups is 4. The standard InChI is InChI=1S/C27H35N5O4/c33-23-4-3-22(24(34)29-23)32-25(35)20-2-1-19(15-21(20)26(32)36)31-14-9-27(17-31)7-12-30(13-8-27)16-18-5-10-28-11-6-18/h1-2,15,18,22,28H,3-14,16-17H2,(H,29,33,34). The van der Waals surface area contributed by atoms with E-state index in [0.29, 0.717) is 16.5 Å². The highest BCUT2D eigenvalue weighted by molar-refractivity contribution is 6.23.